The van der Waals surface area contributed by atoms with Crippen molar-refractivity contribution in [3.8, 4) is 5.75 Å². The highest BCUT2D eigenvalue weighted by Gasteiger charge is 2.08. The van der Waals surface area contributed by atoms with Gasteiger partial charge < -0.3 is 20.0 Å². The summed E-state index contributed by atoms with van der Waals surface area (Å²) in [6.07, 6.45) is 2.04. The maximum absolute atomic E-state index is 12.4. The normalized spacial score (nSPS) is 10.7. The Morgan fingerprint density at radius 2 is 1.96 bits per heavy atom. The summed E-state index contributed by atoms with van der Waals surface area (Å²) in [6.45, 7) is 2.74. The molecule has 3 N–H and O–H groups in total. The monoisotopic (exact) mass is 325 g/mol. The molecular weight excluding hydrogens is 306 g/mol. The van der Waals surface area contributed by atoms with Gasteiger partial charge in [-0.15, -0.1) is 0 Å². The number of amides is 1. The van der Waals surface area contributed by atoms with Crippen molar-refractivity contribution < 1.29 is 9.53 Å². The first-order valence-corrected chi connectivity index (χ1v) is 7.92. The molecule has 124 valence electrons. The molecule has 0 bridgehead atoms. The molecular formula is C18H19N3O3. The summed E-state index contributed by atoms with van der Waals surface area (Å²) in [7, 11) is 0. The Hall–Kier alpha value is -3.02. The SMILES string of the molecule is CCCCOc1cccc(C(=O)Nc2ccc3[nH]c(=O)[nH]c3c2)c1. The summed E-state index contributed by atoms with van der Waals surface area (Å²) in [6, 6.07) is 12.3. The molecule has 2 aromatic carbocycles. The Morgan fingerprint density at radius 1 is 1.12 bits per heavy atom. The van der Waals surface area contributed by atoms with Crippen LogP contribution in [0.3, 0.4) is 0 Å². The van der Waals surface area contributed by atoms with Gasteiger partial charge in [0.2, 0.25) is 0 Å². The van der Waals surface area contributed by atoms with Crippen LogP contribution in [-0.2, 0) is 0 Å². The van der Waals surface area contributed by atoms with Gasteiger partial charge in [0.1, 0.15) is 5.75 Å². The maximum Gasteiger partial charge on any atom is 0.323 e. The number of H-pyrrole nitrogens is 2. The zero-order valence-corrected chi connectivity index (χ0v) is 13.4. The number of aromatic amines is 2. The summed E-state index contributed by atoms with van der Waals surface area (Å²) in [5, 5.41) is 2.82. The molecule has 0 aliphatic carbocycles. The molecule has 0 aliphatic rings. The van der Waals surface area contributed by atoms with Crippen LogP contribution in [-0.4, -0.2) is 22.5 Å². The number of hydrogen-bond acceptors (Lipinski definition) is 3. The first kappa shape index (κ1) is 15.9. The lowest BCUT2D eigenvalue weighted by Gasteiger charge is -2.08. The van der Waals surface area contributed by atoms with E-state index in [4.69, 9.17) is 4.74 Å². The van der Waals surface area contributed by atoms with E-state index >= 15 is 0 Å². The van der Waals surface area contributed by atoms with Crippen LogP contribution in [0.4, 0.5) is 5.69 Å². The summed E-state index contributed by atoms with van der Waals surface area (Å²) in [4.78, 5) is 29.0. The molecule has 0 fully saturated rings. The van der Waals surface area contributed by atoms with Gasteiger partial charge in [-0.05, 0) is 42.8 Å². The molecule has 3 rings (SSSR count). The number of hydrogen-bond donors (Lipinski definition) is 3. The fourth-order valence-electron chi connectivity index (χ4n) is 2.38. The summed E-state index contributed by atoms with van der Waals surface area (Å²) in [5.74, 6) is 0.453. The molecule has 6 heteroatoms. The molecule has 0 unspecified atom stereocenters. The molecule has 0 radical (unpaired) electrons. The number of nitrogens with one attached hydrogen (secondary N) is 3. The molecule has 3 aromatic rings. The van der Waals surface area contributed by atoms with Gasteiger partial charge in [-0.25, -0.2) is 4.79 Å². The lowest BCUT2D eigenvalue weighted by atomic mass is 10.2. The molecule has 0 saturated heterocycles. The third-order valence-corrected chi connectivity index (χ3v) is 3.64. The molecule has 1 heterocycles. The van der Waals surface area contributed by atoms with E-state index in [-0.39, 0.29) is 11.6 Å². The molecule has 0 saturated carbocycles. The topological polar surface area (TPSA) is 87.0 Å². The van der Waals surface area contributed by atoms with E-state index in [1.165, 1.54) is 0 Å². The predicted molar refractivity (Wildman–Crippen MR) is 93.7 cm³/mol. The smallest absolute Gasteiger partial charge is 0.323 e. The average molecular weight is 325 g/mol. The number of ether oxygens (including phenoxy) is 1. The van der Waals surface area contributed by atoms with Gasteiger partial charge >= 0.3 is 5.69 Å². The zero-order chi connectivity index (χ0) is 16.9. The Morgan fingerprint density at radius 3 is 2.79 bits per heavy atom. The Kier molecular flexibility index (Phi) is 4.65. The predicted octanol–water partition coefficient (Wildman–Crippen LogP) is 3.29. The number of aromatic nitrogens is 2. The van der Waals surface area contributed by atoms with Gasteiger partial charge in [-0.1, -0.05) is 19.4 Å². The van der Waals surface area contributed by atoms with Crippen LogP contribution in [0.1, 0.15) is 30.1 Å². The minimum Gasteiger partial charge on any atom is -0.494 e. The van der Waals surface area contributed by atoms with Crippen molar-refractivity contribution in [2.45, 2.75) is 19.8 Å². The molecule has 1 aromatic heterocycles. The summed E-state index contributed by atoms with van der Waals surface area (Å²) in [5.41, 5.74) is 2.20. The minimum absolute atomic E-state index is 0.229. The number of fused-ring (bicyclic) bond motifs is 1. The van der Waals surface area contributed by atoms with Crippen LogP contribution in [0.25, 0.3) is 11.0 Å². The van der Waals surface area contributed by atoms with Crippen molar-refractivity contribution in [2.75, 3.05) is 11.9 Å². The third kappa shape index (κ3) is 3.65. The highest BCUT2D eigenvalue weighted by molar-refractivity contribution is 6.05. The zero-order valence-electron chi connectivity index (χ0n) is 13.4. The number of unbranched alkanes of at least 4 members (excludes halogenated alkanes) is 1. The van der Waals surface area contributed by atoms with Gasteiger partial charge in [-0.3, -0.25) is 4.79 Å². The first-order chi connectivity index (χ1) is 11.7. The molecule has 0 atom stereocenters. The van der Waals surface area contributed by atoms with E-state index in [1.54, 1.807) is 36.4 Å². The largest absolute Gasteiger partial charge is 0.494 e. The molecule has 24 heavy (non-hydrogen) atoms. The van der Waals surface area contributed by atoms with Crippen LogP contribution < -0.4 is 15.7 Å². The Bertz CT molecular complexity index is 911. The lowest BCUT2D eigenvalue weighted by Crippen LogP contribution is -2.12. The quantitative estimate of drug-likeness (QED) is 0.608. The second-order valence-electron chi connectivity index (χ2n) is 5.52. The highest BCUT2D eigenvalue weighted by atomic mass is 16.5. The van der Waals surface area contributed by atoms with Crippen molar-refractivity contribution in [1.82, 2.24) is 9.97 Å². The number of imidazole rings is 1. The van der Waals surface area contributed by atoms with Crippen molar-refractivity contribution >= 4 is 22.6 Å². The van der Waals surface area contributed by atoms with Gasteiger partial charge in [-0.2, -0.15) is 0 Å². The number of anilines is 1. The highest BCUT2D eigenvalue weighted by Crippen LogP contribution is 2.18. The fraction of sp³-hybridized carbons (Fsp3) is 0.222. The van der Waals surface area contributed by atoms with E-state index in [0.29, 0.717) is 34.6 Å². The number of rotatable bonds is 6. The molecule has 6 nitrogen and oxygen atoms in total. The Balaban J connectivity index is 1.73. The fourth-order valence-corrected chi connectivity index (χ4v) is 2.38. The maximum atomic E-state index is 12.4. The van der Waals surface area contributed by atoms with Crippen molar-refractivity contribution in [3.63, 3.8) is 0 Å². The van der Waals surface area contributed by atoms with Crippen molar-refractivity contribution in [3.05, 3.63) is 58.5 Å². The van der Waals surface area contributed by atoms with Crippen LogP contribution in [0.2, 0.25) is 0 Å². The number of benzene rings is 2. The molecule has 0 aliphatic heterocycles. The Labute approximate surface area is 138 Å². The van der Waals surface area contributed by atoms with Gasteiger partial charge in [0.25, 0.3) is 5.91 Å². The minimum atomic E-state index is -0.273. The second kappa shape index (κ2) is 7.04. The van der Waals surface area contributed by atoms with E-state index < -0.39 is 0 Å². The van der Waals surface area contributed by atoms with Crippen LogP contribution in [0.5, 0.6) is 5.75 Å². The first-order valence-electron chi connectivity index (χ1n) is 7.92. The van der Waals surface area contributed by atoms with Crippen LogP contribution in [0.15, 0.2) is 47.3 Å². The van der Waals surface area contributed by atoms with Gasteiger partial charge in [0.15, 0.2) is 0 Å². The number of carbonyl (C=O) groups excluding carboxylic acids is 1. The summed E-state index contributed by atoms with van der Waals surface area (Å²) < 4.78 is 5.62. The van der Waals surface area contributed by atoms with E-state index in [9.17, 15) is 9.59 Å². The van der Waals surface area contributed by atoms with Crippen LogP contribution >= 0.6 is 0 Å². The third-order valence-electron chi connectivity index (χ3n) is 3.64. The van der Waals surface area contributed by atoms with E-state index in [0.717, 1.165) is 12.8 Å². The van der Waals surface area contributed by atoms with E-state index in [1.807, 2.05) is 6.07 Å². The summed E-state index contributed by atoms with van der Waals surface area (Å²) >= 11 is 0. The standard InChI is InChI=1S/C18H19N3O3/c1-2-3-9-24-14-6-4-5-12(10-14)17(22)19-13-7-8-15-16(11-13)21-18(23)20-15/h4-8,10-11H,2-3,9H2,1H3,(H,19,22)(H2,20,21,23). The van der Waals surface area contributed by atoms with Gasteiger partial charge in [0.05, 0.1) is 17.6 Å². The van der Waals surface area contributed by atoms with Crippen LogP contribution in [0, 0.1) is 0 Å². The lowest BCUT2D eigenvalue weighted by molar-refractivity contribution is 0.102. The molecule has 0 spiro atoms. The van der Waals surface area contributed by atoms with Crippen molar-refractivity contribution in [1.29, 1.82) is 0 Å². The van der Waals surface area contributed by atoms with E-state index in [2.05, 4.69) is 22.2 Å². The second-order valence-corrected chi connectivity index (χ2v) is 5.52. The number of carbonyl (C=O) groups is 1. The average Bonchev–Trinajstić information content (AvgIpc) is 2.95. The van der Waals surface area contributed by atoms with Gasteiger partial charge in [0, 0.05) is 11.3 Å². The molecule has 1 amide bonds. The van der Waals surface area contributed by atoms with Crippen molar-refractivity contribution in [2.24, 2.45) is 0 Å².